The smallest absolute Gasteiger partial charge is 0.246 e. The molecular formula is C33H38ClFN8O. The lowest BCUT2D eigenvalue weighted by atomic mass is 9.85. The molecule has 7 rings (SSSR count). The second-order valence-corrected chi connectivity index (χ2v) is 13.1. The maximum absolute atomic E-state index is 16.9. The molecule has 3 aliphatic rings. The van der Waals surface area contributed by atoms with Gasteiger partial charge in [0, 0.05) is 66.2 Å². The number of amides is 1. The van der Waals surface area contributed by atoms with Crippen molar-refractivity contribution < 1.29 is 9.18 Å². The Bertz CT molecular complexity index is 1760. The number of piperazine rings is 1. The van der Waals surface area contributed by atoms with Crippen LogP contribution in [0.5, 0.6) is 0 Å². The van der Waals surface area contributed by atoms with Gasteiger partial charge in [-0.1, -0.05) is 30.7 Å². The molecule has 4 heterocycles. The molecule has 11 heteroatoms. The zero-order valence-corrected chi connectivity index (χ0v) is 26.2. The van der Waals surface area contributed by atoms with Crippen LogP contribution in [-0.4, -0.2) is 81.8 Å². The Kier molecular flexibility index (Phi) is 7.45. The zero-order valence-electron chi connectivity index (χ0n) is 25.4. The van der Waals surface area contributed by atoms with Crippen LogP contribution in [-0.2, 0) is 4.79 Å². The largest absolute Gasteiger partial charge is 0.349 e. The van der Waals surface area contributed by atoms with E-state index in [1.807, 2.05) is 30.9 Å². The van der Waals surface area contributed by atoms with E-state index in [0.29, 0.717) is 47.4 Å². The second-order valence-electron chi connectivity index (χ2n) is 12.7. The van der Waals surface area contributed by atoms with E-state index in [0.717, 1.165) is 42.0 Å². The van der Waals surface area contributed by atoms with E-state index in [1.54, 1.807) is 12.3 Å². The number of rotatable bonds is 7. The number of nitrogens with zero attached hydrogens (tertiary/aromatic N) is 6. The molecule has 4 aromatic rings. The topological polar surface area (TPSA) is 93.3 Å². The first-order valence-electron chi connectivity index (χ1n) is 15.5. The number of carbonyl (C=O) groups is 1. The van der Waals surface area contributed by atoms with Crippen LogP contribution in [0.2, 0.25) is 5.02 Å². The molecule has 2 aromatic carbocycles. The third-order valence-electron chi connectivity index (χ3n) is 9.73. The Morgan fingerprint density at radius 2 is 1.93 bits per heavy atom. The predicted octanol–water partition coefficient (Wildman–Crippen LogP) is 5.46. The molecular weight excluding hydrogens is 579 g/mol. The van der Waals surface area contributed by atoms with Crippen molar-refractivity contribution in [2.75, 3.05) is 42.5 Å². The number of carbonyl (C=O) groups excluding carboxylic acids is 1. The third-order valence-corrected chi connectivity index (χ3v) is 10.0. The molecule has 3 fully saturated rings. The van der Waals surface area contributed by atoms with E-state index in [2.05, 4.69) is 38.8 Å². The summed E-state index contributed by atoms with van der Waals surface area (Å²) >= 11 is 6.95. The first-order valence-corrected chi connectivity index (χ1v) is 15.9. The van der Waals surface area contributed by atoms with Crippen LogP contribution in [0.15, 0.2) is 37.1 Å². The van der Waals surface area contributed by atoms with Crippen LogP contribution in [0, 0.1) is 18.7 Å². The number of aromatic nitrogens is 4. The van der Waals surface area contributed by atoms with Crippen molar-refractivity contribution >= 4 is 51.1 Å². The average Bonchev–Trinajstić information content (AvgIpc) is 3.44. The van der Waals surface area contributed by atoms with Gasteiger partial charge in [0.2, 0.25) is 11.9 Å². The van der Waals surface area contributed by atoms with E-state index >= 15 is 4.39 Å². The van der Waals surface area contributed by atoms with Crippen molar-refractivity contribution in [1.82, 2.24) is 30.4 Å². The summed E-state index contributed by atoms with van der Waals surface area (Å²) < 4.78 is 16.9. The fourth-order valence-corrected chi connectivity index (χ4v) is 7.15. The van der Waals surface area contributed by atoms with Crippen molar-refractivity contribution in [3.05, 3.63) is 53.5 Å². The molecule has 9 nitrogen and oxygen atoms in total. The molecule has 2 aliphatic heterocycles. The number of anilines is 2. The van der Waals surface area contributed by atoms with Crippen molar-refractivity contribution in [2.45, 2.75) is 58.2 Å². The molecule has 2 aromatic heterocycles. The number of hydrogen-bond acceptors (Lipinski definition) is 7. The summed E-state index contributed by atoms with van der Waals surface area (Å²) in [7, 11) is 0. The fraction of sp³-hybridized carbons (Fsp3) is 0.455. The molecule has 2 saturated heterocycles. The lowest BCUT2D eigenvalue weighted by Crippen LogP contribution is -2.60. The summed E-state index contributed by atoms with van der Waals surface area (Å²) in [5.41, 5.74) is 2.94. The Morgan fingerprint density at radius 1 is 1.14 bits per heavy atom. The van der Waals surface area contributed by atoms with E-state index in [9.17, 15) is 4.79 Å². The molecule has 0 unspecified atom stereocenters. The molecule has 0 radical (unpaired) electrons. The first-order chi connectivity index (χ1) is 21.2. The molecule has 44 heavy (non-hydrogen) atoms. The highest BCUT2D eigenvalue weighted by Gasteiger charge is 2.36. The van der Waals surface area contributed by atoms with Crippen LogP contribution < -0.4 is 15.1 Å². The first kappa shape index (κ1) is 29.0. The molecule has 1 amide bonds. The number of aryl methyl sites for hydroxylation is 1. The quantitative estimate of drug-likeness (QED) is 0.266. The molecule has 2 N–H and O–H groups in total. The molecule has 1 saturated carbocycles. The lowest BCUT2D eigenvalue weighted by molar-refractivity contribution is -0.128. The summed E-state index contributed by atoms with van der Waals surface area (Å²) in [4.78, 5) is 28.6. The van der Waals surface area contributed by atoms with E-state index in [4.69, 9.17) is 21.6 Å². The van der Waals surface area contributed by atoms with Gasteiger partial charge in [-0.3, -0.25) is 9.89 Å². The van der Waals surface area contributed by atoms with Gasteiger partial charge in [0.05, 0.1) is 16.7 Å². The van der Waals surface area contributed by atoms with Gasteiger partial charge in [-0.2, -0.15) is 10.1 Å². The summed E-state index contributed by atoms with van der Waals surface area (Å²) in [6.07, 6.45) is 7.00. The highest BCUT2D eigenvalue weighted by atomic mass is 35.5. The normalized spacial score (nSPS) is 21.2. The van der Waals surface area contributed by atoms with Crippen LogP contribution in [0.4, 0.5) is 16.2 Å². The van der Waals surface area contributed by atoms with E-state index < -0.39 is 5.82 Å². The summed E-state index contributed by atoms with van der Waals surface area (Å²) in [6, 6.07) is 5.87. The average molecular weight is 617 g/mol. The van der Waals surface area contributed by atoms with E-state index in [-0.39, 0.29) is 28.5 Å². The van der Waals surface area contributed by atoms with Crippen LogP contribution >= 0.6 is 11.6 Å². The molecule has 230 valence electrons. The predicted molar refractivity (Wildman–Crippen MR) is 174 cm³/mol. The van der Waals surface area contributed by atoms with Crippen LogP contribution in [0.1, 0.15) is 38.7 Å². The Labute approximate surface area is 261 Å². The van der Waals surface area contributed by atoms with E-state index in [1.165, 1.54) is 25.3 Å². The van der Waals surface area contributed by atoms with Crippen molar-refractivity contribution in [2.24, 2.45) is 5.92 Å². The van der Waals surface area contributed by atoms with Gasteiger partial charge in [0.25, 0.3) is 0 Å². The van der Waals surface area contributed by atoms with Crippen molar-refractivity contribution in [3.8, 4) is 11.1 Å². The van der Waals surface area contributed by atoms with Gasteiger partial charge in [-0.25, -0.2) is 9.37 Å². The number of hydrogen-bond donors (Lipinski definition) is 2. The monoisotopic (exact) mass is 616 g/mol. The second kappa shape index (κ2) is 11.3. The van der Waals surface area contributed by atoms with Gasteiger partial charge < -0.3 is 20.0 Å². The number of H-pyrrole nitrogens is 1. The van der Waals surface area contributed by atoms with Crippen LogP contribution in [0.3, 0.4) is 0 Å². The highest BCUT2D eigenvalue weighted by Crippen LogP contribution is 2.43. The molecule has 2 atom stereocenters. The van der Waals surface area contributed by atoms with Crippen molar-refractivity contribution in [3.63, 3.8) is 0 Å². The Morgan fingerprint density at radius 3 is 2.66 bits per heavy atom. The zero-order chi connectivity index (χ0) is 30.7. The third kappa shape index (κ3) is 4.88. The molecule has 1 aliphatic carbocycles. The summed E-state index contributed by atoms with van der Waals surface area (Å²) in [6.45, 7) is 13.3. The molecule has 0 bridgehead atoms. The highest BCUT2D eigenvalue weighted by molar-refractivity contribution is 6.35. The number of halogens is 2. The number of fused-ring (bicyclic) bond motifs is 2. The number of benzene rings is 2. The minimum absolute atomic E-state index is 0.0715. The number of nitrogens with one attached hydrogen (secondary N) is 2. The van der Waals surface area contributed by atoms with Gasteiger partial charge >= 0.3 is 0 Å². The minimum atomic E-state index is -0.476. The van der Waals surface area contributed by atoms with Crippen LogP contribution in [0.25, 0.3) is 32.9 Å². The summed E-state index contributed by atoms with van der Waals surface area (Å²) in [5, 5.41) is 12.5. The SMILES string of the molecule is C=CC(=O)N1C[C@H](C)N(c2nc(N3CC(NCC4CCC4)C3)nc3c(F)c(-c4c(C)ccc5[nH]ncc45)c(Cl)cc23)C[C@H]1C. The fourth-order valence-electron chi connectivity index (χ4n) is 6.86. The summed E-state index contributed by atoms with van der Waals surface area (Å²) in [5.74, 6) is 1.34. The van der Waals surface area contributed by atoms with Gasteiger partial charge in [-0.05, 0) is 69.8 Å². The molecule has 0 spiro atoms. The van der Waals surface area contributed by atoms with Gasteiger partial charge in [0.15, 0.2) is 5.82 Å². The van der Waals surface area contributed by atoms with Crippen molar-refractivity contribution in [1.29, 1.82) is 0 Å². The van der Waals surface area contributed by atoms with Gasteiger partial charge in [0.1, 0.15) is 11.3 Å². The maximum atomic E-state index is 16.9. The maximum Gasteiger partial charge on any atom is 0.246 e. The Hall–Kier alpha value is -3.76. The Balaban J connectivity index is 1.32. The lowest BCUT2D eigenvalue weighted by Gasteiger charge is -2.45. The standard InChI is InChI=1S/C33H38ClFN8O/c1-5-27(44)42-14-20(4)43(15-19(42)3)32-23-11-25(34)29(28-18(2)9-10-26-24(28)13-37-40-26)30(35)31(23)38-33(39-32)41-16-22(17-41)36-12-21-7-6-8-21/h5,9-11,13,19-22,36H,1,6-8,12,14-17H2,2-4H3,(H,37,40)/t19-,20+/m1/s1. The van der Waals surface area contributed by atoms with Gasteiger partial charge in [-0.15, -0.1) is 0 Å². The minimum Gasteiger partial charge on any atom is -0.349 e. The number of aromatic amines is 1.